The summed E-state index contributed by atoms with van der Waals surface area (Å²) in [5.74, 6) is 0. The highest BCUT2D eigenvalue weighted by atomic mass is 14.9. The molecule has 0 aliphatic rings. The molecule has 24 heavy (non-hydrogen) atoms. The molecule has 0 unspecified atom stereocenters. The molecule has 0 amide bonds. The number of aryl methyl sites for hydroxylation is 2. The lowest BCUT2D eigenvalue weighted by molar-refractivity contribution is -0.659. The molecule has 1 aromatic heterocycles. The van der Waals surface area contributed by atoms with E-state index in [0.29, 0.717) is 5.56 Å². The molecule has 0 aliphatic carbocycles. The van der Waals surface area contributed by atoms with Gasteiger partial charge in [-0.05, 0) is 52.9 Å². The third-order valence-electron chi connectivity index (χ3n) is 4.72. The molecule has 4 aromatic rings. The van der Waals surface area contributed by atoms with Crippen molar-refractivity contribution in [3.63, 3.8) is 0 Å². The highest BCUT2D eigenvalue weighted by Crippen LogP contribution is 2.32. The zero-order valence-electron chi connectivity index (χ0n) is 13.7. The fourth-order valence-corrected chi connectivity index (χ4v) is 3.46. The quantitative estimate of drug-likeness (QED) is 0.470. The van der Waals surface area contributed by atoms with Gasteiger partial charge in [-0.2, -0.15) is 5.26 Å². The van der Waals surface area contributed by atoms with Gasteiger partial charge in [0.25, 0.3) is 0 Å². The zero-order valence-corrected chi connectivity index (χ0v) is 13.7. The number of aromatic nitrogens is 1. The lowest BCUT2D eigenvalue weighted by Gasteiger charge is -2.10. The van der Waals surface area contributed by atoms with Crippen molar-refractivity contribution in [3.05, 3.63) is 78.0 Å². The van der Waals surface area contributed by atoms with Crippen LogP contribution in [0.5, 0.6) is 0 Å². The van der Waals surface area contributed by atoms with Crippen molar-refractivity contribution >= 4 is 21.5 Å². The van der Waals surface area contributed by atoms with Gasteiger partial charge >= 0.3 is 0 Å². The molecule has 0 fully saturated rings. The van der Waals surface area contributed by atoms with Gasteiger partial charge in [0.05, 0.1) is 22.6 Å². The first kappa shape index (κ1) is 14.4. The van der Waals surface area contributed by atoms with E-state index in [2.05, 4.69) is 79.3 Å². The summed E-state index contributed by atoms with van der Waals surface area (Å²) in [6.07, 6.45) is 2.06. The Hall–Kier alpha value is -3.18. The average molecular weight is 309 g/mol. The number of hydrogen-bond donors (Lipinski definition) is 0. The van der Waals surface area contributed by atoms with Gasteiger partial charge < -0.3 is 0 Å². The maximum atomic E-state index is 9.15. The van der Waals surface area contributed by atoms with Crippen LogP contribution < -0.4 is 4.57 Å². The van der Waals surface area contributed by atoms with E-state index in [4.69, 9.17) is 5.26 Å². The highest BCUT2D eigenvalue weighted by Gasteiger charge is 2.18. The second-order valence-electron chi connectivity index (χ2n) is 6.15. The Morgan fingerprint density at radius 1 is 0.875 bits per heavy atom. The molecule has 0 atom stereocenters. The van der Waals surface area contributed by atoms with E-state index in [1.54, 1.807) is 0 Å². The Labute approximate surface area is 141 Å². The molecule has 0 saturated heterocycles. The molecule has 114 valence electrons. The standard InChI is InChI=1S/C22H17N2/c1-15-19-6-4-3-5-17(19)8-10-20(15)22-21-9-7-16(14-23)13-18(21)11-12-24(22)2/h3-13H,1-2H3/q+1. The molecule has 0 bridgehead atoms. The minimum Gasteiger partial charge on any atom is -0.200 e. The summed E-state index contributed by atoms with van der Waals surface area (Å²) in [7, 11) is 2.07. The van der Waals surface area contributed by atoms with E-state index in [-0.39, 0.29) is 0 Å². The average Bonchev–Trinajstić information content (AvgIpc) is 2.62. The maximum absolute atomic E-state index is 9.15. The van der Waals surface area contributed by atoms with Crippen LogP contribution in [0.1, 0.15) is 11.1 Å². The van der Waals surface area contributed by atoms with Crippen molar-refractivity contribution in [2.24, 2.45) is 7.05 Å². The summed E-state index contributed by atoms with van der Waals surface area (Å²) in [5, 5.41) is 13.9. The first-order valence-corrected chi connectivity index (χ1v) is 8.00. The molecular formula is C22H17N2+. The van der Waals surface area contributed by atoms with Crippen LogP contribution in [0.2, 0.25) is 0 Å². The van der Waals surface area contributed by atoms with Crippen LogP contribution in [0.4, 0.5) is 0 Å². The lowest BCUT2D eigenvalue weighted by Crippen LogP contribution is -2.30. The van der Waals surface area contributed by atoms with Gasteiger partial charge in [0.1, 0.15) is 7.05 Å². The van der Waals surface area contributed by atoms with Crippen molar-refractivity contribution in [3.8, 4) is 17.3 Å². The molecule has 3 aromatic carbocycles. The third kappa shape index (κ3) is 2.14. The van der Waals surface area contributed by atoms with Crippen LogP contribution in [0.25, 0.3) is 32.8 Å². The minimum absolute atomic E-state index is 0.692. The van der Waals surface area contributed by atoms with Crippen LogP contribution in [0.15, 0.2) is 66.9 Å². The molecule has 0 N–H and O–H groups in total. The number of pyridine rings is 1. The second kappa shape index (κ2) is 5.47. The van der Waals surface area contributed by atoms with Gasteiger partial charge in [-0.25, -0.2) is 4.57 Å². The molecule has 0 spiro atoms. The van der Waals surface area contributed by atoms with Crippen LogP contribution in [-0.4, -0.2) is 0 Å². The van der Waals surface area contributed by atoms with Crippen molar-refractivity contribution in [2.45, 2.75) is 6.92 Å². The van der Waals surface area contributed by atoms with Crippen LogP contribution in [0, 0.1) is 18.3 Å². The Balaban J connectivity index is 2.08. The van der Waals surface area contributed by atoms with Gasteiger partial charge in [0, 0.05) is 6.07 Å². The normalized spacial score (nSPS) is 10.9. The smallest absolute Gasteiger partial charge is 0.200 e. The summed E-state index contributed by atoms with van der Waals surface area (Å²) < 4.78 is 2.16. The number of rotatable bonds is 1. The first-order chi connectivity index (χ1) is 11.7. The number of hydrogen-bond acceptors (Lipinski definition) is 1. The summed E-state index contributed by atoms with van der Waals surface area (Å²) in [6.45, 7) is 2.18. The van der Waals surface area contributed by atoms with Gasteiger partial charge in [-0.3, -0.25) is 0 Å². The van der Waals surface area contributed by atoms with E-state index < -0.39 is 0 Å². The summed E-state index contributed by atoms with van der Waals surface area (Å²) >= 11 is 0. The molecule has 0 radical (unpaired) electrons. The van der Waals surface area contributed by atoms with Gasteiger partial charge in [0.15, 0.2) is 6.20 Å². The van der Waals surface area contributed by atoms with E-state index >= 15 is 0 Å². The predicted molar refractivity (Wildman–Crippen MR) is 97.5 cm³/mol. The second-order valence-corrected chi connectivity index (χ2v) is 6.15. The largest absolute Gasteiger partial charge is 0.220 e. The number of nitriles is 1. The summed E-state index contributed by atoms with van der Waals surface area (Å²) in [4.78, 5) is 0. The molecule has 0 aliphatic heterocycles. The molecular weight excluding hydrogens is 292 g/mol. The monoisotopic (exact) mass is 309 g/mol. The maximum Gasteiger partial charge on any atom is 0.220 e. The van der Waals surface area contributed by atoms with Gasteiger partial charge in [-0.15, -0.1) is 0 Å². The van der Waals surface area contributed by atoms with Crippen molar-refractivity contribution in [2.75, 3.05) is 0 Å². The fraction of sp³-hybridized carbons (Fsp3) is 0.0909. The lowest BCUT2D eigenvalue weighted by atomic mass is 9.94. The summed E-state index contributed by atoms with van der Waals surface area (Å²) in [6, 6.07) is 23.0. The van der Waals surface area contributed by atoms with E-state index in [1.807, 2.05) is 12.1 Å². The van der Waals surface area contributed by atoms with Crippen LogP contribution >= 0.6 is 0 Å². The molecule has 2 heteroatoms. The first-order valence-electron chi connectivity index (χ1n) is 8.00. The molecule has 1 heterocycles. The van der Waals surface area contributed by atoms with Crippen molar-refractivity contribution in [1.29, 1.82) is 5.26 Å². The molecule has 4 rings (SSSR count). The number of nitrogens with zero attached hydrogens (tertiary/aromatic N) is 2. The molecule has 0 saturated carbocycles. The third-order valence-corrected chi connectivity index (χ3v) is 4.72. The van der Waals surface area contributed by atoms with Crippen LogP contribution in [-0.2, 0) is 7.05 Å². The van der Waals surface area contributed by atoms with Gasteiger partial charge in [0.2, 0.25) is 5.69 Å². The van der Waals surface area contributed by atoms with Crippen molar-refractivity contribution in [1.82, 2.24) is 0 Å². The predicted octanol–water partition coefficient (Wildman–Crippen LogP) is 4.66. The fourth-order valence-electron chi connectivity index (χ4n) is 3.46. The Bertz CT molecular complexity index is 1130. The Morgan fingerprint density at radius 2 is 1.71 bits per heavy atom. The number of benzene rings is 3. The van der Waals surface area contributed by atoms with Crippen LogP contribution in [0.3, 0.4) is 0 Å². The molecule has 2 nitrogen and oxygen atoms in total. The van der Waals surface area contributed by atoms with E-state index in [1.165, 1.54) is 27.6 Å². The van der Waals surface area contributed by atoms with Crippen molar-refractivity contribution < 1.29 is 4.57 Å². The van der Waals surface area contributed by atoms with Gasteiger partial charge in [-0.1, -0.05) is 30.3 Å². The number of fused-ring (bicyclic) bond motifs is 2. The Morgan fingerprint density at radius 3 is 2.54 bits per heavy atom. The van der Waals surface area contributed by atoms with E-state index in [0.717, 1.165) is 10.8 Å². The SMILES string of the molecule is Cc1c(-c2c3ccc(C#N)cc3cc[n+]2C)ccc2ccccc12. The Kier molecular flexibility index (Phi) is 3.29. The topological polar surface area (TPSA) is 27.7 Å². The minimum atomic E-state index is 0.692. The zero-order chi connectivity index (χ0) is 16.7. The summed E-state index contributed by atoms with van der Waals surface area (Å²) in [5.41, 5.74) is 4.38. The highest BCUT2D eigenvalue weighted by molar-refractivity contribution is 5.98. The van der Waals surface area contributed by atoms with E-state index in [9.17, 15) is 0 Å².